The molecule has 1 heterocycles. The van der Waals surface area contributed by atoms with Crippen LogP contribution in [0.3, 0.4) is 0 Å². The fraction of sp³-hybridized carbons (Fsp3) is 0.154. The van der Waals surface area contributed by atoms with Crippen LogP contribution in [0, 0.1) is 0 Å². The van der Waals surface area contributed by atoms with E-state index in [1.54, 1.807) is 6.20 Å². The number of rotatable bonds is 8. The molecule has 0 saturated carbocycles. The van der Waals surface area contributed by atoms with Crippen molar-refractivity contribution in [3.8, 4) is 11.1 Å². The van der Waals surface area contributed by atoms with Crippen LogP contribution < -0.4 is 10.2 Å². The maximum atomic E-state index is 12.5. The first-order valence-electron chi connectivity index (χ1n) is 10.4. The number of benzene rings is 3. The minimum Gasteiger partial charge on any atom is -0.365 e. The standard InChI is InChI=1S/C26H26N4O/c1-29(24-9-3-2-4-10-24)20-26(31)27-18-23-8-5-6-11-25(23)22-14-12-21(13-15-22)19-30-17-7-16-28-30/h2-17H,18-20H2,1H3,(H,27,31). The van der Waals surface area contributed by atoms with Gasteiger partial charge in [-0.05, 0) is 40.5 Å². The van der Waals surface area contributed by atoms with E-state index in [0.29, 0.717) is 13.1 Å². The lowest BCUT2D eigenvalue weighted by Gasteiger charge is -2.19. The quantitative estimate of drug-likeness (QED) is 0.470. The van der Waals surface area contributed by atoms with E-state index < -0.39 is 0 Å². The maximum Gasteiger partial charge on any atom is 0.239 e. The van der Waals surface area contributed by atoms with Crippen LogP contribution in [-0.4, -0.2) is 29.3 Å². The molecule has 0 bridgehead atoms. The van der Waals surface area contributed by atoms with Crippen molar-refractivity contribution < 1.29 is 4.79 Å². The van der Waals surface area contributed by atoms with E-state index in [-0.39, 0.29) is 5.91 Å². The fourth-order valence-electron chi connectivity index (χ4n) is 3.57. The molecule has 31 heavy (non-hydrogen) atoms. The zero-order valence-corrected chi connectivity index (χ0v) is 17.6. The van der Waals surface area contributed by atoms with Crippen molar-refractivity contribution in [2.45, 2.75) is 13.1 Å². The summed E-state index contributed by atoms with van der Waals surface area (Å²) >= 11 is 0. The predicted molar refractivity (Wildman–Crippen MR) is 125 cm³/mol. The fourth-order valence-corrected chi connectivity index (χ4v) is 3.57. The summed E-state index contributed by atoms with van der Waals surface area (Å²) in [6, 6.07) is 28.5. The van der Waals surface area contributed by atoms with Gasteiger partial charge in [0.25, 0.3) is 0 Å². The number of amides is 1. The van der Waals surface area contributed by atoms with Crippen molar-refractivity contribution in [1.29, 1.82) is 0 Å². The zero-order chi connectivity index (χ0) is 21.5. The molecule has 3 aromatic carbocycles. The van der Waals surface area contributed by atoms with Gasteiger partial charge >= 0.3 is 0 Å². The van der Waals surface area contributed by atoms with Gasteiger partial charge < -0.3 is 10.2 Å². The van der Waals surface area contributed by atoms with Crippen molar-refractivity contribution in [2.24, 2.45) is 0 Å². The van der Waals surface area contributed by atoms with Crippen LogP contribution in [0.4, 0.5) is 5.69 Å². The Labute approximate surface area is 183 Å². The smallest absolute Gasteiger partial charge is 0.239 e. The van der Waals surface area contributed by atoms with Crippen LogP contribution in [0.1, 0.15) is 11.1 Å². The van der Waals surface area contributed by atoms with Gasteiger partial charge in [0, 0.05) is 31.7 Å². The molecule has 0 radical (unpaired) electrons. The normalized spacial score (nSPS) is 10.6. The van der Waals surface area contributed by atoms with E-state index >= 15 is 0 Å². The largest absolute Gasteiger partial charge is 0.365 e. The summed E-state index contributed by atoms with van der Waals surface area (Å²) in [5.74, 6) is -0.00396. The molecule has 156 valence electrons. The molecule has 0 aliphatic heterocycles. The number of aromatic nitrogens is 2. The Bertz CT molecular complexity index is 1110. The summed E-state index contributed by atoms with van der Waals surface area (Å²) in [5, 5.41) is 7.32. The van der Waals surface area contributed by atoms with Crippen molar-refractivity contribution in [3.05, 3.63) is 108 Å². The average Bonchev–Trinajstić information content (AvgIpc) is 3.32. The van der Waals surface area contributed by atoms with E-state index in [0.717, 1.165) is 28.9 Å². The van der Waals surface area contributed by atoms with Crippen LogP contribution in [-0.2, 0) is 17.9 Å². The van der Waals surface area contributed by atoms with Crippen molar-refractivity contribution in [1.82, 2.24) is 15.1 Å². The second kappa shape index (κ2) is 9.76. The summed E-state index contributed by atoms with van der Waals surface area (Å²) < 4.78 is 1.91. The van der Waals surface area contributed by atoms with E-state index in [4.69, 9.17) is 0 Å². The van der Waals surface area contributed by atoms with Crippen molar-refractivity contribution in [2.75, 3.05) is 18.5 Å². The monoisotopic (exact) mass is 410 g/mol. The lowest BCUT2D eigenvalue weighted by Crippen LogP contribution is -2.34. The molecule has 0 saturated heterocycles. The second-order valence-corrected chi connectivity index (χ2v) is 7.53. The minimum atomic E-state index is -0.00396. The summed E-state index contributed by atoms with van der Waals surface area (Å²) in [6.07, 6.45) is 3.75. The first kappa shape index (κ1) is 20.4. The molecular weight excluding hydrogens is 384 g/mol. The van der Waals surface area contributed by atoms with E-state index in [2.05, 4.69) is 46.8 Å². The van der Waals surface area contributed by atoms with Crippen LogP contribution in [0.5, 0.6) is 0 Å². The Morgan fingerprint density at radius 3 is 2.42 bits per heavy atom. The molecule has 4 aromatic rings. The highest BCUT2D eigenvalue weighted by Crippen LogP contribution is 2.24. The highest BCUT2D eigenvalue weighted by atomic mass is 16.2. The van der Waals surface area contributed by atoms with Crippen molar-refractivity contribution >= 4 is 11.6 Å². The highest BCUT2D eigenvalue weighted by Gasteiger charge is 2.09. The third kappa shape index (κ3) is 5.39. The molecular formula is C26H26N4O. The number of hydrogen-bond donors (Lipinski definition) is 1. The van der Waals surface area contributed by atoms with Gasteiger partial charge in [0.1, 0.15) is 0 Å². The average molecular weight is 411 g/mol. The van der Waals surface area contributed by atoms with Crippen molar-refractivity contribution in [3.63, 3.8) is 0 Å². The number of carbonyl (C=O) groups excluding carboxylic acids is 1. The number of hydrogen-bond acceptors (Lipinski definition) is 3. The van der Waals surface area contributed by atoms with Crippen LogP contribution in [0.25, 0.3) is 11.1 Å². The molecule has 5 nitrogen and oxygen atoms in total. The van der Waals surface area contributed by atoms with Gasteiger partial charge in [-0.15, -0.1) is 0 Å². The predicted octanol–water partition coefficient (Wildman–Crippen LogP) is 4.35. The number of para-hydroxylation sites is 1. The topological polar surface area (TPSA) is 50.2 Å². The molecule has 0 aliphatic carbocycles. The van der Waals surface area contributed by atoms with E-state index in [1.165, 1.54) is 5.56 Å². The second-order valence-electron chi connectivity index (χ2n) is 7.53. The molecule has 0 atom stereocenters. The van der Waals surface area contributed by atoms with Crippen LogP contribution >= 0.6 is 0 Å². The minimum absolute atomic E-state index is 0.00396. The van der Waals surface area contributed by atoms with Gasteiger partial charge in [0.15, 0.2) is 0 Å². The number of nitrogens with one attached hydrogen (secondary N) is 1. The lowest BCUT2D eigenvalue weighted by atomic mass is 9.98. The molecule has 0 fully saturated rings. The number of likely N-dealkylation sites (N-methyl/N-ethyl adjacent to an activating group) is 1. The van der Waals surface area contributed by atoms with E-state index in [9.17, 15) is 4.79 Å². The van der Waals surface area contributed by atoms with E-state index in [1.807, 2.05) is 71.4 Å². The maximum absolute atomic E-state index is 12.5. The Hall–Kier alpha value is -3.86. The highest BCUT2D eigenvalue weighted by molar-refractivity contribution is 5.81. The molecule has 0 unspecified atom stereocenters. The number of anilines is 1. The first-order valence-corrected chi connectivity index (χ1v) is 10.4. The zero-order valence-electron chi connectivity index (χ0n) is 17.6. The molecule has 1 amide bonds. The summed E-state index contributed by atoms with van der Waals surface area (Å²) in [7, 11) is 1.92. The molecule has 0 aliphatic rings. The van der Waals surface area contributed by atoms with Crippen LogP contribution in [0.2, 0.25) is 0 Å². The first-order chi connectivity index (χ1) is 15.2. The van der Waals surface area contributed by atoms with Gasteiger partial charge in [-0.25, -0.2) is 0 Å². The van der Waals surface area contributed by atoms with Crippen LogP contribution in [0.15, 0.2) is 97.3 Å². The van der Waals surface area contributed by atoms with Gasteiger partial charge in [-0.3, -0.25) is 9.48 Å². The Kier molecular flexibility index (Phi) is 6.43. The van der Waals surface area contributed by atoms with Gasteiger partial charge in [-0.1, -0.05) is 66.7 Å². The molecule has 4 rings (SSSR count). The Balaban J connectivity index is 1.39. The third-order valence-electron chi connectivity index (χ3n) is 5.24. The molecule has 5 heteroatoms. The van der Waals surface area contributed by atoms with Gasteiger partial charge in [-0.2, -0.15) is 5.10 Å². The molecule has 1 aromatic heterocycles. The van der Waals surface area contributed by atoms with Gasteiger partial charge in [0.05, 0.1) is 13.1 Å². The molecule has 1 N–H and O–H groups in total. The SMILES string of the molecule is CN(CC(=O)NCc1ccccc1-c1ccc(Cn2cccn2)cc1)c1ccccc1. The number of carbonyl (C=O) groups is 1. The summed E-state index contributed by atoms with van der Waals surface area (Å²) in [6.45, 7) is 1.56. The molecule has 0 spiro atoms. The summed E-state index contributed by atoms with van der Waals surface area (Å²) in [5.41, 5.74) is 5.58. The number of nitrogens with zero attached hydrogens (tertiary/aromatic N) is 3. The Morgan fingerprint density at radius 1 is 0.935 bits per heavy atom. The van der Waals surface area contributed by atoms with Gasteiger partial charge in [0.2, 0.25) is 5.91 Å². The lowest BCUT2D eigenvalue weighted by molar-refractivity contribution is -0.119. The summed E-state index contributed by atoms with van der Waals surface area (Å²) in [4.78, 5) is 14.4. The third-order valence-corrected chi connectivity index (χ3v) is 5.24. The Morgan fingerprint density at radius 2 is 1.68 bits per heavy atom.